The van der Waals surface area contributed by atoms with Gasteiger partial charge in [-0.1, -0.05) is 31.7 Å². The molecule has 1 aliphatic rings. The molecule has 2 rings (SSSR count). The van der Waals surface area contributed by atoms with Gasteiger partial charge in [0, 0.05) is 36.9 Å². The van der Waals surface area contributed by atoms with E-state index in [4.69, 9.17) is 5.11 Å². The predicted molar refractivity (Wildman–Crippen MR) is 125 cm³/mol. The van der Waals surface area contributed by atoms with Crippen LogP contribution >= 0.6 is 0 Å². The summed E-state index contributed by atoms with van der Waals surface area (Å²) in [6.07, 6.45) is 3.52. The van der Waals surface area contributed by atoms with Crippen LogP contribution in [-0.2, 0) is 25.6 Å². The van der Waals surface area contributed by atoms with Crippen LogP contribution in [-0.4, -0.2) is 35.0 Å². The summed E-state index contributed by atoms with van der Waals surface area (Å²) in [5, 5.41) is 12.1. The van der Waals surface area contributed by atoms with Gasteiger partial charge >= 0.3 is 5.97 Å². The highest BCUT2D eigenvalue weighted by Crippen LogP contribution is 2.33. The summed E-state index contributed by atoms with van der Waals surface area (Å²) in [5.74, 6) is -2.62. The lowest BCUT2D eigenvalue weighted by Crippen LogP contribution is -2.37. The topological polar surface area (TPSA) is 101 Å². The maximum Gasteiger partial charge on any atom is 0.303 e. The van der Waals surface area contributed by atoms with Gasteiger partial charge in [0.2, 0.25) is 0 Å². The van der Waals surface area contributed by atoms with Crippen LogP contribution in [0.2, 0.25) is 0 Å². The van der Waals surface area contributed by atoms with Gasteiger partial charge < -0.3 is 10.4 Å². The molecule has 0 amide bonds. The maximum absolute atomic E-state index is 13.0. The molecule has 6 nitrogen and oxygen atoms in total. The first kappa shape index (κ1) is 25.2. The number of aliphatic carboxylic acids is 1. The summed E-state index contributed by atoms with van der Waals surface area (Å²) in [5.41, 5.74) is 3.33. The van der Waals surface area contributed by atoms with Gasteiger partial charge in [0.15, 0.2) is 17.3 Å². The summed E-state index contributed by atoms with van der Waals surface area (Å²) in [7, 11) is 0. The molecule has 0 saturated heterocycles. The number of anilines is 1. The first-order chi connectivity index (χ1) is 15.1. The third-order valence-electron chi connectivity index (χ3n) is 6.16. The molecule has 1 aliphatic carbocycles. The molecular formula is C26H33NO5. The minimum atomic E-state index is -0.773. The second kappa shape index (κ2) is 11.6. The van der Waals surface area contributed by atoms with Crippen LogP contribution in [0.25, 0.3) is 0 Å². The van der Waals surface area contributed by atoms with E-state index in [1.54, 1.807) is 6.92 Å². The van der Waals surface area contributed by atoms with E-state index in [2.05, 4.69) is 18.5 Å². The Hall–Kier alpha value is -3.02. The average Bonchev–Trinajstić information content (AvgIpc) is 2.74. The number of unbranched alkanes of at least 4 members (excludes halogenated alkanes) is 2. The number of rotatable bonds is 12. The van der Waals surface area contributed by atoms with Crippen molar-refractivity contribution in [2.45, 2.75) is 58.8 Å². The van der Waals surface area contributed by atoms with Crippen molar-refractivity contribution in [1.29, 1.82) is 0 Å². The number of ketones is 3. The normalized spacial score (nSPS) is 17.2. The Balaban J connectivity index is 2.13. The molecule has 1 fully saturated rings. The molecule has 0 aliphatic heterocycles. The SMILES string of the molecule is C=C(C)C(=O)C(Cc1cccc(NCCCCCC(=O)O)c1C)C1CCC(=O)C(=C)C1=O. The van der Waals surface area contributed by atoms with Crippen molar-refractivity contribution in [3.63, 3.8) is 0 Å². The van der Waals surface area contributed by atoms with Gasteiger partial charge in [0.25, 0.3) is 0 Å². The highest BCUT2D eigenvalue weighted by molar-refractivity contribution is 6.22. The van der Waals surface area contributed by atoms with Crippen molar-refractivity contribution in [3.05, 3.63) is 53.6 Å². The first-order valence-electron chi connectivity index (χ1n) is 11.1. The molecule has 2 unspecified atom stereocenters. The Morgan fingerprint density at radius 1 is 1.22 bits per heavy atom. The van der Waals surface area contributed by atoms with Crippen LogP contribution in [0, 0.1) is 18.8 Å². The van der Waals surface area contributed by atoms with E-state index in [0.29, 0.717) is 24.8 Å². The van der Waals surface area contributed by atoms with E-state index in [1.807, 2.05) is 25.1 Å². The van der Waals surface area contributed by atoms with Crippen molar-refractivity contribution >= 4 is 29.0 Å². The number of hydrogen-bond acceptors (Lipinski definition) is 5. The highest BCUT2D eigenvalue weighted by Gasteiger charge is 2.39. The molecule has 0 aromatic heterocycles. The van der Waals surface area contributed by atoms with E-state index < -0.39 is 17.8 Å². The molecule has 0 spiro atoms. The number of carbonyl (C=O) groups excluding carboxylic acids is 3. The Kier molecular flexibility index (Phi) is 9.12. The molecule has 2 N–H and O–H groups in total. The predicted octanol–water partition coefficient (Wildman–Crippen LogP) is 4.46. The van der Waals surface area contributed by atoms with E-state index in [1.165, 1.54) is 0 Å². The van der Waals surface area contributed by atoms with Crippen LogP contribution in [0.3, 0.4) is 0 Å². The highest BCUT2D eigenvalue weighted by atomic mass is 16.4. The van der Waals surface area contributed by atoms with Crippen LogP contribution < -0.4 is 5.32 Å². The van der Waals surface area contributed by atoms with Crippen LogP contribution in [0.5, 0.6) is 0 Å². The minimum absolute atomic E-state index is 0.00389. The summed E-state index contributed by atoms with van der Waals surface area (Å²) >= 11 is 0. The minimum Gasteiger partial charge on any atom is -0.481 e. The van der Waals surface area contributed by atoms with Crippen molar-refractivity contribution < 1.29 is 24.3 Å². The number of carboxylic acid groups (broad SMARTS) is 1. The lowest BCUT2D eigenvalue weighted by molar-refractivity contribution is -0.137. The van der Waals surface area contributed by atoms with Crippen molar-refractivity contribution in [2.24, 2.45) is 11.8 Å². The molecule has 1 saturated carbocycles. The quantitative estimate of drug-likeness (QED) is 0.283. The molecule has 1 aromatic rings. The molecule has 6 heteroatoms. The van der Waals surface area contributed by atoms with Crippen LogP contribution in [0.1, 0.15) is 56.6 Å². The van der Waals surface area contributed by atoms with Crippen molar-refractivity contribution in [2.75, 3.05) is 11.9 Å². The first-order valence-corrected chi connectivity index (χ1v) is 11.1. The summed E-state index contributed by atoms with van der Waals surface area (Å²) < 4.78 is 0. The lowest BCUT2D eigenvalue weighted by Gasteiger charge is -2.29. The smallest absolute Gasteiger partial charge is 0.303 e. The zero-order chi connectivity index (χ0) is 23.8. The standard InChI is InChI=1S/C26H33NO5/c1-16(2)25(31)21(20-12-13-23(28)18(4)26(20)32)15-19-9-8-10-22(17(19)3)27-14-7-5-6-11-24(29)30/h8-10,20-21,27H,1,4-7,11-15H2,2-3H3,(H,29,30). The molecule has 1 aromatic carbocycles. The largest absolute Gasteiger partial charge is 0.481 e. The zero-order valence-corrected chi connectivity index (χ0v) is 19.0. The monoisotopic (exact) mass is 439 g/mol. The van der Waals surface area contributed by atoms with Gasteiger partial charge in [0.05, 0.1) is 5.57 Å². The number of Topliss-reactive ketones (excluding diaryl/α,β-unsaturated/α-hetero) is 3. The Bertz CT molecular complexity index is 930. The third kappa shape index (κ3) is 6.49. The fraction of sp³-hybridized carbons (Fsp3) is 0.462. The summed E-state index contributed by atoms with van der Waals surface area (Å²) in [4.78, 5) is 48.2. The molecule has 0 radical (unpaired) electrons. The van der Waals surface area contributed by atoms with Crippen molar-refractivity contribution in [3.8, 4) is 0 Å². The molecule has 172 valence electrons. The third-order valence-corrected chi connectivity index (χ3v) is 6.16. The number of hydrogen-bond donors (Lipinski definition) is 2. The second-order valence-electron chi connectivity index (χ2n) is 8.59. The average molecular weight is 440 g/mol. The number of carbonyl (C=O) groups is 4. The zero-order valence-electron chi connectivity index (χ0n) is 19.0. The molecular weight excluding hydrogens is 406 g/mol. The van der Waals surface area contributed by atoms with Gasteiger partial charge in [-0.25, -0.2) is 0 Å². The number of benzene rings is 1. The maximum atomic E-state index is 13.0. The summed E-state index contributed by atoms with van der Waals surface area (Å²) in [6, 6.07) is 5.85. The van der Waals surface area contributed by atoms with Crippen LogP contribution in [0.4, 0.5) is 5.69 Å². The fourth-order valence-corrected chi connectivity index (χ4v) is 4.18. The lowest BCUT2D eigenvalue weighted by atomic mass is 9.71. The molecule has 2 atom stereocenters. The molecule has 0 heterocycles. The number of allylic oxidation sites excluding steroid dienone is 2. The second-order valence-corrected chi connectivity index (χ2v) is 8.59. The van der Waals surface area contributed by atoms with E-state index in [9.17, 15) is 19.2 Å². The number of carboxylic acids is 1. The fourth-order valence-electron chi connectivity index (χ4n) is 4.18. The molecule has 32 heavy (non-hydrogen) atoms. The number of nitrogens with one attached hydrogen (secondary N) is 1. The van der Waals surface area contributed by atoms with Crippen LogP contribution in [0.15, 0.2) is 42.5 Å². The Morgan fingerprint density at radius 2 is 1.94 bits per heavy atom. The Labute approximate surface area is 189 Å². The van der Waals surface area contributed by atoms with Gasteiger partial charge in [-0.05, 0) is 62.3 Å². The van der Waals surface area contributed by atoms with Crippen molar-refractivity contribution in [1.82, 2.24) is 0 Å². The van der Waals surface area contributed by atoms with E-state index in [-0.39, 0.29) is 35.8 Å². The Morgan fingerprint density at radius 3 is 2.59 bits per heavy atom. The van der Waals surface area contributed by atoms with Gasteiger partial charge in [0.1, 0.15) is 0 Å². The van der Waals surface area contributed by atoms with E-state index >= 15 is 0 Å². The van der Waals surface area contributed by atoms with Gasteiger partial charge in [-0.3, -0.25) is 19.2 Å². The summed E-state index contributed by atoms with van der Waals surface area (Å²) in [6.45, 7) is 11.8. The van der Waals surface area contributed by atoms with Gasteiger partial charge in [-0.15, -0.1) is 0 Å². The van der Waals surface area contributed by atoms with Gasteiger partial charge in [-0.2, -0.15) is 0 Å². The van der Waals surface area contributed by atoms with E-state index in [0.717, 1.165) is 36.2 Å². The molecule has 0 bridgehead atoms.